The van der Waals surface area contributed by atoms with Crippen LogP contribution in [0.4, 0.5) is 13.2 Å². The van der Waals surface area contributed by atoms with E-state index in [1.165, 1.54) is 7.11 Å². The second kappa shape index (κ2) is 9.65. The van der Waals surface area contributed by atoms with Gasteiger partial charge < -0.3 is 10.1 Å². The highest BCUT2D eigenvalue weighted by molar-refractivity contribution is 7.89. The standard InChI is InChI=1S/C12H16ClF3N2O3S.ClH/c1-21-7-6-17-4-5-18-22(19,20)11-3-2-9(13)8-10(11)12(14,15)16;/h2-3,8,17-18H,4-7H2,1H3;1H. The molecule has 1 aromatic carbocycles. The lowest BCUT2D eigenvalue weighted by molar-refractivity contribution is -0.139. The number of benzene rings is 1. The van der Waals surface area contributed by atoms with Crippen LogP contribution in [0.15, 0.2) is 23.1 Å². The zero-order valence-corrected chi connectivity index (χ0v) is 14.5. The molecule has 0 radical (unpaired) electrons. The van der Waals surface area contributed by atoms with Crippen molar-refractivity contribution in [3.05, 3.63) is 28.8 Å². The van der Waals surface area contributed by atoms with Crippen molar-refractivity contribution in [3.63, 3.8) is 0 Å². The molecule has 2 N–H and O–H groups in total. The fraction of sp³-hybridized carbons (Fsp3) is 0.500. The van der Waals surface area contributed by atoms with Crippen LogP contribution in [0.1, 0.15) is 5.56 Å². The predicted molar refractivity (Wildman–Crippen MR) is 83.6 cm³/mol. The van der Waals surface area contributed by atoms with Crippen LogP contribution in [0.25, 0.3) is 0 Å². The minimum absolute atomic E-state index is 0. The average molecular weight is 397 g/mol. The Morgan fingerprint density at radius 2 is 1.87 bits per heavy atom. The Kier molecular flexibility index (Phi) is 9.41. The molecule has 0 saturated heterocycles. The molecule has 0 unspecified atom stereocenters. The third-order valence-electron chi connectivity index (χ3n) is 2.61. The van der Waals surface area contributed by atoms with Crippen LogP contribution < -0.4 is 10.0 Å². The Morgan fingerprint density at radius 3 is 2.43 bits per heavy atom. The van der Waals surface area contributed by atoms with Crippen LogP contribution in [0.5, 0.6) is 0 Å². The molecule has 0 saturated carbocycles. The summed E-state index contributed by atoms with van der Waals surface area (Å²) in [6.07, 6.45) is -4.81. The smallest absolute Gasteiger partial charge is 0.383 e. The zero-order valence-electron chi connectivity index (χ0n) is 12.1. The van der Waals surface area contributed by atoms with E-state index in [2.05, 4.69) is 10.0 Å². The molecule has 0 aromatic heterocycles. The molecule has 0 heterocycles. The van der Waals surface area contributed by atoms with Gasteiger partial charge in [0, 0.05) is 31.8 Å². The summed E-state index contributed by atoms with van der Waals surface area (Å²) in [7, 11) is -2.77. The van der Waals surface area contributed by atoms with E-state index in [0.29, 0.717) is 19.2 Å². The molecular formula is C12H17Cl2F3N2O3S. The monoisotopic (exact) mass is 396 g/mol. The Bertz CT molecular complexity index is 598. The first kappa shape index (κ1) is 22.4. The van der Waals surface area contributed by atoms with Crippen molar-refractivity contribution in [2.24, 2.45) is 0 Å². The van der Waals surface area contributed by atoms with E-state index < -0.39 is 26.7 Å². The molecule has 23 heavy (non-hydrogen) atoms. The number of ether oxygens (including phenoxy) is 1. The van der Waals surface area contributed by atoms with Gasteiger partial charge in [0.2, 0.25) is 10.0 Å². The van der Waals surface area contributed by atoms with Crippen molar-refractivity contribution in [2.45, 2.75) is 11.1 Å². The van der Waals surface area contributed by atoms with Gasteiger partial charge >= 0.3 is 6.18 Å². The fourth-order valence-electron chi connectivity index (χ4n) is 1.61. The number of nitrogens with one attached hydrogen (secondary N) is 2. The topological polar surface area (TPSA) is 67.4 Å². The van der Waals surface area contributed by atoms with Gasteiger partial charge in [0.15, 0.2) is 0 Å². The van der Waals surface area contributed by atoms with Crippen LogP contribution in [-0.2, 0) is 20.9 Å². The first-order chi connectivity index (χ1) is 10.2. The van der Waals surface area contributed by atoms with Gasteiger partial charge in [-0.25, -0.2) is 13.1 Å². The number of methoxy groups -OCH3 is 1. The molecule has 5 nitrogen and oxygen atoms in total. The van der Waals surface area contributed by atoms with E-state index >= 15 is 0 Å². The summed E-state index contributed by atoms with van der Waals surface area (Å²) in [6.45, 7) is 1.17. The SMILES string of the molecule is COCCNCCNS(=O)(=O)c1ccc(Cl)cc1C(F)(F)F.Cl. The predicted octanol–water partition coefficient (Wildman–Crippen LogP) is 2.29. The maximum atomic E-state index is 12.9. The van der Waals surface area contributed by atoms with E-state index in [1.54, 1.807) is 0 Å². The average Bonchev–Trinajstić information content (AvgIpc) is 2.41. The summed E-state index contributed by atoms with van der Waals surface area (Å²) in [5.41, 5.74) is -1.29. The quantitative estimate of drug-likeness (QED) is 0.661. The van der Waals surface area contributed by atoms with Gasteiger partial charge in [-0.3, -0.25) is 0 Å². The highest BCUT2D eigenvalue weighted by Crippen LogP contribution is 2.35. The summed E-state index contributed by atoms with van der Waals surface area (Å²) in [6, 6.07) is 2.53. The highest BCUT2D eigenvalue weighted by Gasteiger charge is 2.37. The number of rotatable bonds is 8. The number of halogens is 5. The molecule has 0 aliphatic rings. The maximum absolute atomic E-state index is 12.9. The Labute approximate surface area is 144 Å². The van der Waals surface area contributed by atoms with Gasteiger partial charge in [-0.2, -0.15) is 13.2 Å². The van der Waals surface area contributed by atoms with Crippen molar-refractivity contribution in [1.82, 2.24) is 10.0 Å². The van der Waals surface area contributed by atoms with E-state index in [4.69, 9.17) is 16.3 Å². The zero-order chi connectivity index (χ0) is 16.8. The van der Waals surface area contributed by atoms with Crippen LogP contribution in [0.2, 0.25) is 5.02 Å². The molecular weight excluding hydrogens is 380 g/mol. The van der Waals surface area contributed by atoms with Crippen LogP contribution in [0, 0.1) is 0 Å². The normalized spacial score (nSPS) is 12.0. The van der Waals surface area contributed by atoms with Gasteiger partial charge in [-0.15, -0.1) is 12.4 Å². The lowest BCUT2D eigenvalue weighted by atomic mass is 10.2. The molecule has 0 spiro atoms. The molecule has 1 rings (SSSR count). The minimum Gasteiger partial charge on any atom is -0.383 e. The van der Waals surface area contributed by atoms with Crippen molar-refractivity contribution in [2.75, 3.05) is 33.4 Å². The molecule has 0 bridgehead atoms. The number of hydrogen-bond acceptors (Lipinski definition) is 4. The molecule has 134 valence electrons. The van der Waals surface area contributed by atoms with Gasteiger partial charge in [0.1, 0.15) is 0 Å². The minimum atomic E-state index is -4.81. The van der Waals surface area contributed by atoms with Crippen LogP contribution in [0.3, 0.4) is 0 Å². The molecule has 11 heteroatoms. The number of hydrogen-bond donors (Lipinski definition) is 2. The first-order valence-electron chi connectivity index (χ1n) is 6.24. The summed E-state index contributed by atoms with van der Waals surface area (Å²) in [4.78, 5) is -0.846. The third kappa shape index (κ3) is 7.23. The van der Waals surface area contributed by atoms with Gasteiger partial charge in [0.05, 0.1) is 17.1 Å². The summed E-state index contributed by atoms with van der Waals surface area (Å²) in [5.74, 6) is 0. The molecule has 1 aromatic rings. The van der Waals surface area contributed by atoms with E-state index in [9.17, 15) is 21.6 Å². The lowest BCUT2D eigenvalue weighted by Gasteiger charge is -2.14. The number of alkyl halides is 3. The Morgan fingerprint density at radius 1 is 1.22 bits per heavy atom. The van der Waals surface area contributed by atoms with E-state index in [1.807, 2.05) is 0 Å². The summed E-state index contributed by atoms with van der Waals surface area (Å²) < 4.78 is 69.6. The van der Waals surface area contributed by atoms with E-state index in [-0.39, 0.29) is 30.5 Å². The van der Waals surface area contributed by atoms with Crippen molar-refractivity contribution in [3.8, 4) is 0 Å². The first-order valence-corrected chi connectivity index (χ1v) is 8.10. The summed E-state index contributed by atoms with van der Waals surface area (Å²) >= 11 is 5.51. The van der Waals surface area contributed by atoms with Crippen molar-refractivity contribution in [1.29, 1.82) is 0 Å². The molecule has 0 aliphatic carbocycles. The molecule has 0 fully saturated rings. The second-order valence-electron chi connectivity index (χ2n) is 4.28. The highest BCUT2D eigenvalue weighted by atomic mass is 35.5. The third-order valence-corrected chi connectivity index (χ3v) is 4.37. The Balaban J connectivity index is 0.00000484. The van der Waals surface area contributed by atoms with Gasteiger partial charge in [-0.05, 0) is 18.2 Å². The molecule has 0 atom stereocenters. The van der Waals surface area contributed by atoms with Gasteiger partial charge in [0.25, 0.3) is 0 Å². The van der Waals surface area contributed by atoms with E-state index in [0.717, 1.165) is 12.1 Å². The number of sulfonamides is 1. The van der Waals surface area contributed by atoms with Crippen LogP contribution in [-0.4, -0.2) is 41.8 Å². The fourth-order valence-corrected chi connectivity index (χ4v) is 3.02. The lowest BCUT2D eigenvalue weighted by Crippen LogP contribution is -2.34. The molecule has 0 amide bonds. The summed E-state index contributed by atoms with van der Waals surface area (Å²) in [5, 5.41) is 2.68. The maximum Gasteiger partial charge on any atom is 0.417 e. The van der Waals surface area contributed by atoms with Crippen LogP contribution >= 0.6 is 24.0 Å². The van der Waals surface area contributed by atoms with Gasteiger partial charge in [-0.1, -0.05) is 11.6 Å². The second-order valence-corrected chi connectivity index (χ2v) is 6.45. The Hall–Kier alpha value is -0.580. The van der Waals surface area contributed by atoms with Crippen molar-refractivity contribution < 1.29 is 26.3 Å². The largest absolute Gasteiger partial charge is 0.417 e. The van der Waals surface area contributed by atoms with Crippen molar-refractivity contribution >= 4 is 34.0 Å². The molecule has 0 aliphatic heterocycles.